The molecule has 3 N–H and O–H groups in total. The van der Waals surface area contributed by atoms with Gasteiger partial charge in [-0.05, 0) is 19.2 Å². The van der Waals surface area contributed by atoms with Gasteiger partial charge in [0.25, 0.3) is 0 Å². The van der Waals surface area contributed by atoms with Crippen LogP contribution in [0.1, 0.15) is 0 Å². The van der Waals surface area contributed by atoms with E-state index < -0.39 is 0 Å². The molecule has 0 aliphatic carbocycles. The predicted molar refractivity (Wildman–Crippen MR) is 77.6 cm³/mol. The summed E-state index contributed by atoms with van der Waals surface area (Å²) in [5.74, 6) is 1.28. The molecule has 1 aliphatic heterocycles. The maximum Gasteiger partial charge on any atom is 0.238 e. The molecule has 1 aliphatic rings. The van der Waals surface area contributed by atoms with Crippen LogP contribution in [0.15, 0.2) is 12.1 Å². The molecule has 1 aromatic rings. The zero-order valence-corrected chi connectivity index (χ0v) is 11.7. The summed E-state index contributed by atoms with van der Waals surface area (Å²) in [6.45, 7) is 6.47. The summed E-state index contributed by atoms with van der Waals surface area (Å²) >= 11 is 0. The van der Waals surface area contributed by atoms with Gasteiger partial charge in [-0.25, -0.2) is 0 Å². The lowest BCUT2D eigenvalue weighted by atomic mass is 10.3. The molecule has 0 saturated carbocycles. The number of nitrogens with zero attached hydrogens (tertiary/aromatic N) is 3. The molecule has 0 spiro atoms. The molecular formula is C13H23N5O. The highest BCUT2D eigenvalue weighted by Crippen LogP contribution is 2.19. The van der Waals surface area contributed by atoms with Crippen LogP contribution in [-0.2, 0) is 0 Å². The zero-order valence-electron chi connectivity index (χ0n) is 11.7. The van der Waals surface area contributed by atoms with Gasteiger partial charge < -0.3 is 20.7 Å². The van der Waals surface area contributed by atoms with E-state index in [1.807, 2.05) is 12.1 Å². The Bertz CT molecular complexity index is 404. The Morgan fingerprint density at radius 3 is 2.74 bits per heavy atom. The van der Waals surface area contributed by atoms with Gasteiger partial charge >= 0.3 is 0 Å². The quantitative estimate of drug-likeness (QED) is 0.800. The minimum absolute atomic E-state index is 0.476. The van der Waals surface area contributed by atoms with Crippen LogP contribution in [0.2, 0.25) is 0 Å². The van der Waals surface area contributed by atoms with Gasteiger partial charge in [0.2, 0.25) is 5.88 Å². The summed E-state index contributed by atoms with van der Waals surface area (Å²) in [5.41, 5.74) is 6.29. The fourth-order valence-corrected chi connectivity index (χ4v) is 2.13. The number of nitrogen functional groups attached to an aromatic ring is 1. The standard InChI is InChI=1S/C13H23N5O/c1-17-7-9-18(10-8-17)6-5-15-12-4-3-11(14)13(16-12)19-2/h3-4H,5-10,14H2,1-2H3,(H,15,16). The van der Waals surface area contributed by atoms with Gasteiger partial charge in [0, 0.05) is 39.3 Å². The van der Waals surface area contributed by atoms with E-state index in [-0.39, 0.29) is 0 Å². The summed E-state index contributed by atoms with van der Waals surface area (Å²) in [7, 11) is 3.74. The molecule has 1 saturated heterocycles. The van der Waals surface area contributed by atoms with E-state index in [2.05, 4.69) is 27.1 Å². The topological polar surface area (TPSA) is 66.7 Å². The number of pyridine rings is 1. The molecule has 2 heterocycles. The molecule has 0 atom stereocenters. The van der Waals surface area contributed by atoms with Gasteiger partial charge in [-0.1, -0.05) is 0 Å². The second-order valence-corrected chi connectivity index (χ2v) is 4.87. The molecule has 0 radical (unpaired) electrons. The SMILES string of the molecule is COc1nc(NCCN2CCN(C)CC2)ccc1N. The maximum absolute atomic E-state index is 5.73. The van der Waals surface area contributed by atoms with E-state index in [4.69, 9.17) is 10.5 Å². The lowest BCUT2D eigenvalue weighted by molar-refractivity contribution is 0.158. The number of hydrogen-bond donors (Lipinski definition) is 2. The van der Waals surface area contributed by atoms with Gasteiger partial charge in [0.1, 0.15) is 5.82 Å². The van der Waals surface area contributed by atoms with Crippen LogP contribution >= 0.6 is 0 Å². The van der Waals surface area contributed by atoms with E-state index in [0.29, 0.717) is 11.6 Å². The highest BCUT2D eigenvalue weighted by Gasteiger charge is 2.12. The minimum atomic E-state index is 0.476. The first-order valence-electron chi connectivity index (χ1n) is 6.64. The van der Waals surface area contributed by atoms with Crippen LogP contribution in [0.25, 0.3) is 0 Å². The minimum Gasteiger partial charge on any atom is -0.479 e. The lowest BCUT2D eigenvalue weighted by Gasteiger charge is -2.32. The Morgan fingerprint density at radius 1 is 1.32 bits per heavy atom. The highest BCUT2D eigenvalue weighted by atomic mass is 16.5. The van der Waals surface area contributed by atoms with Crippen molar-refractivity contribution < 1.29 is 4.74 Å². The molecule has 6 heteroatoms. The molecule has 0 bridgehead atoms. The van der Waals surface area contributed by atoms with Crippen LogP contribution in [0, 0.1) is 0 Å². The predicted octanol–water partition coefficient (Wildman–Crippen LogP) is 0.332. The molecule has 19 heavy (non-hydrogen) atoms. The van der Waals surface area contributed by atoms with E-state index in [0.717, 1.165) is 45.1 Å². The monoisotopic (exact) mass is 265 g/mol. The first-order valence-corrected chi connectivity index (χ1v) is 6.64. The first kappa shape index (κ1) is 13.9. The van der Waals surface area contributed by atoms with E-state index in [1.54, 1.807) is 7.11 Å². The Hall–Kier alpha value is -1.53. The Morgan fingerprint density at radius 2 is 2.05 bits per heavy atom. The molecule has 0 unspecified atom stereocenters. The Labute approximate surface area is 114 Å². The Kier molecular flexibility index (Phi) is 4.81. The number of nitrogens with one attached hydrogen (secondary N) is 1. The third-order valence-corrected chi connectivity index (χ3v) is 3.41. The maximum atomic E-state index is 5.73. The van der Waals surface area contributed by atoms with E-state index in [1.165, 1.54) is 0 Å². The number of likely N-dealkylation sites (N-methyl/N-ethyl adjacent to an activating group) is 1. The van der Waals surface area contributed by atoms with Crippen LogP contribution < -0.4 is 15.8 Å². The van der Waals surface area contributed by atoms with Gasteiger partial charge in [-0.15, -0.1) is 0 Å². The normalized spacial score (nSPS) is 17.4. The number of anilines is 2. The van der Waals surface area contributed by atoms with Crippen molar-refractivity contribution in [3.8, 4) is 5.88 Å². The average molecular weight is 265 g/mol. The molecule has 2 rings (SSSR count). The van der Waals surface area contributed by atoms with Gasteiger partial charge in [-0.3, -0.25) is 4.90 Å². The number of piperazine rings is 1. The van der Waals surface area contributed by atoms with Crippen molar-refractivity contribution in [2.75, 3.05) is 64.5 Å². The summed E-state index contributed by atoms with van der Waals surface area (Å²) in [4.78, 5) is 9.12. The molecule has 0 aromatic carbocycles. The fourth-order valence-electron chi connectivity index (χ4n) is 2.13. The third-order valence-electron chi connectivity index (χ3n) is 3.41. The van der Waals surface area contributed by atoms with Gasteiger partial charge in [0.05, 0.1) is 12.8 Å². The second-order valence-electron chi connectivity index (χ2n) is 4.87. The molecular weight excluding hydrogens is 242 g/mol. The number of hydrogen-bond acceptors (Lipinski definition) is 6. The second kappa shape index (κ2) is 6.58. The van der Waals surface area contributed by atoms with Crippen LogP contribution in [-0.4, -0.2) is 68.2 Å². The molecule has 6 nitrogen and oxygen atoms in total. The van der Waals surface area contributed by atoms with Crippen LogP contribution in [0.5, 0.6) is 5.88 Å². The highest BCUT2D eigenvalue weighted by molar-refractivity contribution is 5.53. The van der Waals surface area contributed by atoms with Crippen molar-refractivity contribution in [2.45, 2.75) is 0 Å². The number of ether oxygens (including phenoxy) is 1. The van der Waals surface area contributed by atoms with Crippen molar-refractivity contribution in [3.05, 3.63) is 12.1 Å². The third kappa shape index (κ3) is 3.97. The fraction of sp³-hybridized carbons (Fsp3) is 0.615. The van der Waals surface area contributed by atoms with E-state index >= 15 is 0 Å². The van der Waals surface area contributed by atoms with Crippen LogP contribution in [0.3, 0.4) is 0 Å². The number of aromatic nitrogens is 1. The number of nitrogens with two attached hydrogens (primary N) is 1. The zero-order chi connectivity index (χ0) is 13.7. The molecule has 1 fully saturated rings. The van der Waals surface area contributed by atoms with Crippen molar-refractivity contribution in [1.82, 2.24) is 14.8 Å². The van der Waals surface area contributed by atoms with Crippen LogP contribution in [0.4, 0.5) is 11.5 Å². The van der Waals surface area contributed by atoms with Gasteiger partial charge in [-0.2, -0.15) is 4.98 Å². The number of rotatable bonds is 5. The Balaban J connectivity index is 1.76. The largest absolute Gasteiger partial charge is 0.479 e. The molecule has 106 valence electrons. The van der Waals surface area contributed by atoms with Crippen molar-refractivity contribution in [3.63, 3.8) is 0 Å². The summed E-state index contributed by atoms with van der Waals surface area (Å²) in [5, 5.41) is 3.30. The van der Waals surface area contributed by atoms with E-state index in [9.17, 15) is 0 Å². The summed E-state index contributed by atoms with van der Waals surface area (Å²) < 4.78 is 5.10. The van der Waals surface area contributed by atoms with Crippen molar-refractivity contribution in [2.24, 2.45) is 0 Å². The molecule has 0 amide bonds. The summed E-state index contributed by atoms with van der Waals surface area (Å²) in [6.07, 6.45) is 0. The average Bonchev–Trinajstić information content (AvgIpc) is 2.43. The lowest BCUT2D eigenvalue weighted by Crippen LogP contribution is -2.45. The molecule has 1 aromatic heterocycles. The number of methoxy groups -OCH3 is 1. The summed E-state index contributed by atoms with van der Waals surface area (Å²) in [6, 6.07) is 3.69. The van der Waals surface area contributed by atoms with Crippen molar-refractivity contribution in [1.29, 1.82) is 0 Å². The first-order chi connectivity index (χ1) is 9.19. The smallest absolute Gasteiger partial charge is 0.238 e. The van der Waals surface area contributed by atoms with Crippen molar-refractivity contribution >= 4 is 11.5 Å². The van der Waals surface area contributed by atoms with Gasteiger partial charge in [0.15, 0.2) is 0 Å².